The summed E-state index contributed by atoms with van der Waals surface area (Å²) in [6, 6.07) is 7.89. The van der Waals surface area contributed by atoms with Crippen LogP contribution in [0.25, 0.3) is 0 Å². The second kappa shape index (κ2) is 8.28. The molecule has 18 heavy (non-hydrogen) atoms. The zero-order valence-electron chi connectivity index (χ0n) is 11.8. The summed E-state index contributed by atoms with van der Waals surface area (Å²) in [5, 5.41) is 0. The van der Waals surface area contributed by atoms with Crippen LogP contribution < -0.4 is 0 Å². The molecular weight excluding hydrogens is 246 g/mol. The first-order valence-corrected chi connectivity index (χ1v) is 6.48. The maximum atomic E-state index is 12.4. The summed E-state index contributed by atoms with van der Waals surface area (Å²) >= 11 is 0. The van der Waals surface area contributed by atoms with Crippen molar-refractivity contribution in [3.05, 3.63) is 35.4 Å². The number of ketones is 1. The van der Waals surface area contributed by atoms with Gasteiger partial charge in [0, 0.05) is 5.56 Å². The Hall–Kier alpha value is -0.860. The van der Waals surface area contributed by atoms with Gasteiger partial charge in [-0.25, -0.2) is 0 Å². The Bertz CT molecular complexity index is 357. The lowest BCUT2D eigenvalue weighted by molar-refractivity contribution is 0.0826. The lowest BCUT2D eigenvalue weighted by Gasteiger charge is -2.27. The Morgan fingerprint density at radius 2 is 1.61 bits per heavy atom. The molecule has 1 rings (SSSR count). The van der Waals surface area contributed by atoms with Gasteiger partial charge in [0.25, 0.3) is 0 Å². The van der Waals surface area contributed by atoms with E-state index in [0.29, 0.717) is 0 Å². The van der Waals surface area contributed by atoms with Crippen LogP contribution in [0.4, 0.5) is 0 Å². The molecule has 0 heterocycles. The summed E-state index contributed by atoms with van der Waals surface area (Å²) in [6.45, 7) is 10.2. The molecule has 0 aliphatic heterocycles. The lowest BCUT2D eigenvalue weighted by Crippen LogP contribution is -2.40. The summed E-state index contributed by atoms with van der Waals surface area (Å²) in [5.74, 6) is 0.246. The van der Waals surface area contributed by atoms with Crippen molar-refractivity contribution >= 4 is 18.2 Å². The number of nitrogens with zero attached hydrogens (tertiary/aromatic N) is 1. The van der Waals surface area contributed by atoms with Crippen molar-refractivity contribution in [2.75, 3.05) is 13.1 Å². The number of carbonyl (C=O) groups is 1. The van der Waals surface area contributed by atoms with Gasteiger partial charge < -0.3 is 0 Å². The van der Waals surface area contributed by atoms with Gasteiger partial charge in [-0.05, 0) is 26.4 Å². The van der Waals surface area contributed by atoms with Gasteiger partial charge in [0.1, 0.15) is 0 Å². The normalized spacial score (nSPS) is 12.1. The highest BCUT2D eigenvalue weighted by Crippen LogP contribution is 2.13. The van der Waals surface area contributed by atoms with Crippen LogP contribution in [0.2, 0.25) is 0 Å². The minimum atomic E-state index is 0. The van der Waals surface area contributed by atoms with Gasteiger partial charge in [0.15, 0.2) is 5.78 Å². The monoisotopic (exact) mass is 269 g/mol. The number of hydrogen-bond acceptors (Lipinski definition) is 2. The van der Waals surface area contributed by atoms with Crippen LogP contribution in [0.3, 0.4) is 0 Å². The van der Waals surface area contributed by atoms with Crippen LogP contribution in [0.5, 0.6) is 0 Å². The van der Waals surface area contributed by atoms with E-state index < -0.39 is 0 Å². The number of Topliss-reactive ketones (excluding diaryl/α,β-unsaturated/α-hetero) is 1. The van der Waals surface area contributed by atoms with E-state index >= 15 is 0 Å². The second-order valence-corrected chi connectivity index (χ2v) is 4.38. The second-order valence-electron chi connectivity index (χ2n) is 4.38. The van der Waals surface area contributed by atoms with Crippen molar-refractivity contribution in [1.82, 2.24) is 4.90 Å². The van der Waals surface area contributed by atoms with Crippen LogP contribution in [0.15, 0.2) is 24.3 Å². The lowest BCUT2D eigenvalue weighted by atomic mass is 10.00. The standard InChI is InChI=1S/C15H23NO.ClH/c1-5-14(16(6-2)7-3)15(17)13-10-8-12(4)9-11-13;/h8-11,14H,5-7H2,1-4H3;1H. The van der Waals surface area contributed by atoms with E-state index in [1.54, 1.807) is 0 Å². The fourth-order valence-electron chi connectivity index (χ4n) is 2.18. The summed E-state index contributed by atoms with van der Waals surface area (Å²) < 4.78 is 0. The third-order valence-electron chi connectivity index (χ3n) is 3.28. The predicted molar refractivity (Wildman–Crippen MR) is 79.8 cm³/mol. The molecule has 1 unspecified atom stereocenters. The number of hydrogen-bond donors (Lipinski definition) is 0. The molecule has 0 fully saturated rings. The van der Waals surface area contributed by atoms with Crippen molar-refractivity contribution in [2.45, 2.75) is 40.2 Å². The van der Waals surface area contributed by atoms with Crippen molar-refractivity contribution in [1.29, 1.82) is 0 Å². The molecule has 1 aromatic carbocycles. The van der Waals surface area contributed by atoms with E-state index in [2.05, 4.69) is 25.7 Å². The summed E-state index contributed by atoms with van der Waals surface area (Å²) in [6.07, 6.45) is 0.869. The third-order valence-corrected chi connectivity index (χ3v) is 3.28. The van der Waals surface area contributed by atoms with E-state index in [4.69, 9.17) is 0 Å². The Kier molecular flexibility index (Phi) is 7.88. The number of likely N-dealkylation sites (N-methyl/N-ethyl adjacent to an activating group) is 1. The van der Waals surface area contributed by atoms with Crippen LogP contribution in [0.1, 0.15) is 43.1 Å². The first-order valence-electron chi connectivity index (χ1n) is 6.48. The van der Waals surface area contributed by atoms with E-state index in [0.717, 1.165) is 25.1 Å². The number of carbonyl (C=O) groups excluding carboxylic acids is 1. The molecule has 2 nitrogen and oxygen atoms in total. The van der Waals surface area contributed by atoms with Crippen LogP contribution in [0, 0.1) is 6.92 Å². The molecule has 0 aromatic heterocycles. The number of halogens is 1. The van der Waals surface area contributed by atoms with Crippen molar-refractivity contribution in [2.24, 2.45) is 0 Å². The molecule has 102 valence electrons. The van der Waals surface area contributed by atoms with Crippen molar-refractivity contribution < 1.29 is 4.79 Å². The van der Waals surface area contributed by atoms with Crippen molar-refractivity contribution in [3.8, 4) is 0 Å². The van der Waals surface area contributed by atoms with Gasteiger partial charge in [0.05, 0.1) is 6.04 Å². The highest BCUT2D eigenvalue weighted by molar-refractivity contribution is 6.00. The average molecular weight is 270 g/mol. The van der Waals surface area contributed by atoms with Gasteiger partial charge in [-0.3, -0.25) is 9.69 Å². The smallest absolute Gasteiger partial charge is 0.179 e. The van der Waals surface area contributed by atoms with Crippen LogP contribution in [-0.4, -0.2) is 29.8 Å². The first kappa shape index (κ1) is 17.1. The molecule has 1 aromatic rings. The van der Waals surface area contributed by atoms with Gasteiger partial charge in [-0.1, -0.05) is 50.6 Å². The van der Waals surface area contributed by atoms with Crippen LogP contribution in [-0.2, 0) is 0 Å². The largest absolute Gasteiger partial charge is 0.294 e. The minimum Gasteiger partial charge on any atom is -0.294 e. The molecule has 0 saturated heterocycles. The van der Waals surface area contributed by atoms with E-state index in [1.165, 1.54) is 5.56 Å². The Balaban J connectivity index is 0.00000289. The van der Waals surface area contributed by atoms with E-state index in [-0.39, 0.29) is 24.2 Å². The summed E-state index contributed by atoms with van der Waals surface area (Å²) in [5.41, 5.74) is 2.02. The number of aryl methyl sites for hydroxylation is 1. The molecule has 0 aliphatic rings. The average Bonchev–Trinajstić information content (AvgIpc) is 2.36. The molecule has 1 atom stereocenters. The topological polar surface area (TPSA) is 20.3 Å². The predicted octanol–water partition coefficient (Wildman–Crippen LogP) is 3.72. The SMILES string of the molecule is CCC(C(=O)c1ccc(C)cc1)N(CC)CC.Cl. The first-order chi connectivity index (χ1) is 8.13. The number of rotatable bonds is 6. The van der Waals surface area contributed by atoms with Gasteiger partial charge in [0.2, 0.25) is 0 Å². The molecule has 0 saturated carbocycles. The molecule has 0 aliphatic carbocycles. The quantitative estimate of drug-likeness (QED) is 0.734. The molecule has 0 spiro atoms. The fraction of sp³-hybridized carbons (Fsp3) is 0.533. The number of benzene rings is 1. The third kappa shape index (κ3) is 4.11. The maximum Gasteiger partial charge on any atom is 0.179 e. The molecule has 0 N–H and O–H groups in total. The Labute approximate surface area is 117 Å². The summed E-state index contributed by atoms with van der Waals surface area (Å²) in [7, 11) is 0. The molecule has 0 radical (unpaired) electrons. The zero-order chi connectivity index (χ0) is 12.8. The molecule has 0 amide bonds. The fourth-order valence-corrected chi connectivity index (χ4v) is 2.18. The molecular formula is C15H24ClNO. The zero-order valence-corrected chi connectivity index (χ0v) is 12.6. The van der Waals surface area contributed by atoms with Crippen LogP contribution >= 0.6 is 12.4 Å². The van der Waals surface area contributed by atoms with Gasteiger partial charge >= 0.3 is 0 Å². The molecule has 0 bridgehead atoms. The van der Waals surface area contributed by atoms with Gasteiger partial charge in [-0.15, -0.1) is 12.4 Å². The Morgan fingerprint density at radius 3 is 2.00 bits per heavy atom. The maximum absolute atomic E-state index is 12.4. The Morgan fingerprint density at radius 1 is 1.11 bits per heavy atom. The van der Waals surface area contributed by atoms with E-state index in [1.807, 2.05) is 31.2 Å². The highest BCUT2D eigenvalue weighted by Gasteiger charge is 2.22. The van der Waals surface area contributed by atoms with Gasteiger partial charge in [-0.2, -0.15) is 0 Å². The van der Waals surface area contributed by atoms with E-state index in [9.17, 15) is 4.79 Å². The minimum absolute atomic E-state index is 0. The van der Waals surface area contributed by atoms with Crippen molar-refractivity contribution in [3.63, 3.8) is 0 Å². The highest BCUT2D eigenvalue weighted by atomic mass is 35.5. The molecule has 3 heteroatoms. The summed E-state index contributed by atoms with van der Waals surface area (Å²) in [4.78, 5) is 14.6.